The van der Waals surface area contributed by atoms with Gasteiger partial charge >= 0.3 is 0 Å². The average Bonchev–Trinajstić information content (AvgIpc) is 2.85. The van der Waals surface area contributed by atoms with E-state index in [1.807, 2.05) is 11.3 Å². The molecule has 0 aromatic carbocycles. The molecular weight excluding hydrogens is 278 g/mol. The summed E-state index contributed by atoms with van der Waals surface area (Å²) in [6.07, 6.45) is 6.34. The van der Waals surface area contributed by atoms with Gasteiger partial charge in [0.1, 0.15) is 0 Å². The van der Waals surface area contributed by atoms with Gasteiger partial charge in [-0.2, -0.15) is 0 Å². The number of rotatable bonds is 6. The van der Waals surface area contributed by atoms with E-state index in [9.17, 15) is 0 Å². The van der Waals surface area contributed by atoms with Crippen LogP contribution in [0.5, 0.6) is 0 Å². The minimum atomic E-state index is 0.573. The van der Waals surface area contributed by atoms with E-state index in [2.05, 4.69) is 44.0 Å². The van der Waals surface area contributed by atoms with Gasteiger partial charge in [0, 0.05) is 19.6 Å². The zero-order valence-electron chi connectivity index (χ0n) is 13.9. The van der Waals surface area contributed by atoms with Crippen molar-refractivity contribution in [2.24, 2.45) is 5.92 Å². The number of nitrogens with zero attached hydrogens (tertiary/aromatic N) is 2. The minimum absolute atomic E-state index is 0.573. The molecule has 1 N–H and O–H groups in total. The lowest BCUT2D eigenvalue weighted by Gasteiger charge is -2.25. The Morgan fingerprint density at radius 2 is 2.05 bits per heavy atom. The molecule has 0 unspecified atom stereocenters. The highest BCUT2D eigenvalue weighted by molar-refractivity contribution is 7.16. The van der Waals surface area contributed by atoms with Crippen LogP contribution in [0.2, 0.25) is 0 Å². The van der Waals surface area contributed by atoms with Crippen molar-refractivity contribution in [2.45, 2.75) is 47.0 Å². The zero-order valence-corrected chi connectivity index (χ0v) is 14.7. The molecule has 21 heavy (non-hydrogen) atoms. The summed E-state index contributed by atoms with van der Waals surface area (Å²) in [4.78, 5) is 8.59. The van der Waals surface area contributed by atoms with Crippen LogP contribution in [0.25, 0.3) is 6.08 Å². The number of aryl methyl sites for hydroxylation is 1. The van der Waals surface area contributed by atoms with Crippen LogP contribution in [-0.4, -0.2) is 31.2 Å². The number of thiazole rings is 1. The monoisotopic (exact) mass is 307 g/mol. The first-order valence-corrected chi connectivity index (χ1v) is 9.07. The van der Waals surface area contributed by atoms with E-state index < -0.39 is 0 Å². The number of anilines is 1. The second-order valence-electron chi connectivity index (χ2n) is 6.15. The highest BCUT2D eigenvalue weighted by Gasteiger charge is 2.16. The Kier molecular flexibility index (Phi) is 6.24. The maximum atomic E-state index is 4.81. The Morgan fingerprint density at radius 1 is 1.33 bits per heavy atom. The SMILES string of the molecule is CCNCC(=Cc1sc(N2CCCCC2)nc1C)C(C)C. The van der Waals surface area contributed by atoms with Gasteiger partial charge in [-0.15, -0.1) is 0 Å². The summed E-state index contributed by atoms with van der Waals surface area (Å²) in [5.41, 5.74) is 2.64. The van der Waals surface area contributed by atoms with Gasteiger partial charge in [0.15, 0.2) is 5.13 Å². The molecule has 0 bridgehead atoms. The van der Waals surface area contributed by atoms with E-state index in [1.54, 1.807) is 0 Å². The average molecular weight is 308 g/mol. The van der Waals surface area contributed by atoms with Gasteiger partial charge in [0.2, 0.25) is 0 Å². The molecule has 1 aromatic rings. The molecule has 2 rings (SSSR count). The van der Waals surface area contributed by atoms with Crippen molar-refractivity contribution in [3.8, 4) is 0 Å². The number of piperidine rings is 1. The van der Waals surface area contributed by atoms with Gasteiger partial charge < -0.3 is 10.2 Å². The summed E-state index contributed by atoms with van der Waals surface area (Å²) in [6, 6.07) is 0. The third-order valence-electron chi connectivity index (χ3n) is 4.08. The van der Waals surface area contributed by atoms with Crippen molar-refractivity contribution in [3.05, 3.63) is 16.1 Å². The highest BCUT2D eigenvalue weighted by Crippen LogP contribution is 2.30. The third kappa shape index (κ3) is 4.55. The van der Waals surface area contributed by atoms with Crippen LogP contribution >= 0.6 is 11.3 Å². The highest BCUT2D eigenvalue weighted by atomic mass is 32.1. The van der Waals surface area contributed by atoms with Crippen LogP contribution < -0.4 is 10.2 Å². The van der Waals surface area contributed by atoms with Crippen molar-refractivity contribution in [1.29, 1.82) is 0 Å². The number of hydrogen-bond acceptors (Lipinski definition) is 4. The first kappa shape index (κ1) is 16.5. The predicted octanol–water partition coefficient (Wildman–Crippen LogP) is 4.09. The molecule has 2 heterocycles. The van der Waals surface area contributed by atoms with Gasteiger partial charge in [-0.3, -0.25) is 0 Å². The smallest absolute Gasteiger partial charge is 0.186 e. The van der Waals surface area contributed by atoms with Crippen molar-refractivity contribution in [1.82, 2.24) is 10.3 Å². The van der Waals surface area contributed by atoms with Crippen molar-refractivity contribution >= 4 is 22.5 Å². The van der Waals surface area contributed by atoms with Crippen LogP contribution in [0.4, 0.5) is 5.13 Å². The number of likely N-dealkylation sites (N-methyl/N-ethyl adjacent to an activating group) is 1. The summed E-state index contributed by atoms with van der Waals surface area (Å²) in [7, 11) is 0. The Labute approximate surface area is 133 Å². The van der Waals surface area contributed by atoms with E-state index in [1.165, 1.54) is 53.6 Å². The first-order chi connectivity index (χ1) is 10.1. The summed E-state index contributed by atoms with van der Waals surface area (Å²) in [5.74, 6) is 0.573. The molecule has 1 aromatic heterocycles. The Morgan fingerprint density at radius 3 is 2.67 bits per heavy atom. The van der Waals surface area contributed by atoms with E-state index in [0.717, 1.165) is 13.1 Å². The van der Waals surface area contributed by atoms with Gasteiger partial charge in [0.05, 0.1) is 10.6 Å². The Bertz CT molecular complexity index is 470. The van der Waals surface area contributed by atoms with E-state index in [-0.39, 0.29) is 0 Å². The second kappa shape index (κ2) is 7.95. The molecule has 1 aliphatic heterocycles. The number of hydrogen-bond donors (Lipinski definition) is 1. The van der Waals surface area contributed by atoms with E-state index in [4.69, 9.17) is 4.98 Å². The molecule has 0 radical (unpaired) electrons. The van der Waals surface area contributed by atoms with Crippen LogP contribution in [0.1, 0.15) is 50.6 Å². The van der Waals surface area contributed by atoms with E-state index in [0.29, 0.717) is 5.92 Å². The normalized spacial score (nSPS) is 16.8. The fourth-order valence-electron chi connectivity index (χ4n) is 2.61. The maximum Gasteiger partial charge on any atom is 0.186 e. The predicted molar refractivity (Wildman–Crippen MR) is 94.3 cm³/mol. The van der Waals surface area contributed by atoms with E-state index >= 15 is 0 Å². The molecule has 1 aliphatic rings. The first-order valence-electron chi connectivity index (χ1n) is 8.25. The third-order valence-corrected chi connectivity index (χ3v) is 5.25. The van der Waals surface area contributed by atoms with Gasteiger partial charge in [-0.1, -0.05) is 37.7 Å². The standard InChI is InChI=1S/C17H29N3S/c1-5-18-12-15(13(2)3)11-16-14(4)19-17(21-16)20-9-7-6-8-10-20/h11,13,18H,5-10,12H2,1-4H3. The maximum absolute atomic E-state index is 4.81. The van der Waals surface area contributed by atoms with Crippen molar-refractivity contribution in [2.75, 3.05) is 31.1 Å². The molecule has 0 atom stereocenters. The lowest BCUT2D eigenvalue weighted by Crippen LogP contribution is -2.29. The molecule has 4 heteroatoms. The molecule has 118 valence electrons. The molecule has 3 nitrogen and oxygen atoms in total. The summed E-state index contributed by atoms with van der Waals surface area (Å²) in [5, 5.41) is 4.66. The van der Waals surface area contributed by atoms with Crippen LogP contribution in [0.3, 0.4) is 0 Å². The Hall–Kier alpha value is -0.870. The topological polar surface area (TPSA) is 28.2 Å². The number of nitrogens with one attached hydrogen (secondary N) is 1. The van der Waals surface area contributed by atoms with Crippen LogP contribution in [0.15, 0.2) is 5.57 Å². The van der Waals surface area contributed by atoms with Crippen molar-refractivity contribution in [3.63, 3.8) is 0 Å². The Balaban J connectivity index is 2.16. The quantitative estimate of drug-likeness (QED) is 0.858. The van der Waals surface area contributed by atoms with Gasteiger partial charge in [0.25, 0.3) is 0 Å². The van der Waals surface area contributed by atoms with Crippen LogP contribution in [0, 0.1) is 12.8 Å². The minimum Gasteiger partial charge on any atom is -0.348 e. The van der Waals surface area contributed by atoms with Gasteiger partial charge in [-0.05, 0) is 44.7 Å². The summed E-state index contributed by atoms with van der Waals surface area (Å²) < 4.78 is 0. The van der Waals surface area contributed by atoms with Crippen molar-refractivity contribution < 1.29 is 0 Å². The fourth-order valence-corrected chi connectivity index (χ4v) is 3.70. The molecule has 0 saturated carbocycles. The lowest BCUT2D eigenvalue weighted by molar-refractivity contribution is 0.576. The molecule has 0 aliphatic carbocycles. The molecule has 1 saturated heterocycles. The summed E-state index contributed by atoms with van der Waals surface area (Å²) >= 11 is 1.86. The second-order valence-corrected chi connectivity index (χ2v) is 7.16. The molecule has 1 fully saturated rings. The molecular formula is C17H29N3S. The lowest BCUT2D eigenvalue weighted by atomic mass is 10.0. The van der Waals surface area contributed by atoms with Gasteiger partial charge in [-0.25, -0.2) is 4.98 Å². The molecule has 0 amide bonds. The largest absolute Gasteiger partial charge is 0.348 e. The zero-order chi connectivity index (χ0) is 15.2. The fraction of sp³-hybridized carbons (Fsp3) is 0.706. The number of aromatic nitrogens is 1. The molecule has 0 spiro atoms. The van der Waals surface area contributed by atoms with Crippen LogP contribution in [-0.2, 0) is 0 Å². The summed E-state index contributed by atoms with van der Waals surface area (Å²) in [6.45, 7) is 13.2.